The molecule has 0 aliphatic carbocycles. The lowest BCUT2D eigenvalue weighted by Gasteiger charge is -2.21. The van der Waals surface area contributed by atoms with E-state index in [1.807, 2.05) is 0 Å². The molecule has 1 aliphatic heterocycles. The molecule has 1 N–H and O–H groups in total. The van der Waals surface area contributed by atoms with Crippen LogP contribution in [0.3, 0.4) is 0 Å². The van der Waals surface area contributed by atoms with Gasteiger partial charge in [0.2, 0.25) is 0 Å². The van der Waals surface area contributed by atoms with Gasteiger partial charge in [-0.25, -0.2) is 4.98 Å². The lowest BCUT2D eigenvalue weighted by molar-refractivity contribution is 0.0946. The highest BCUT2D eigenvalue weighted by atomic mass is 32.1. The number of nitrogens with one attached hydrogen (secondary N) is 1. The molecule has 0 aromatic carbocycles. The summed E-state index contributed by atoms with van der Waals surface area (Å²) < 4.78 is 5.80. The minimum atomic E-state index is 0.148. The fourth-order valence-electron chi connectivity index (χ4n) is 2.69. The van der Waals surface area contributed by atoms with Crippen LogP contribution in [0.25, 0.3) is 0 Å². The van der Waals surface area contributed by atoms with Gasteiger partial charge in [0.25, 0.3) is 0 Å². The summed E-state index contributed by atoms with van der Waals surface area (Å²) >= 11 is 1.80. The molecule has 4 heteroatoms. The number of hydrogen-bond acceptors (Lipinski definition) is 4. The first-order chi connectivity index (χ1) is 9.99. The lowest BCUT2D eigenvalue weighted by atomic mass is 9.93. The molecule has 1 aromatic heterocycles. The molecular weight excluding hydrogens is 280 g/mol. The third kappa shape index (κ3) is 5.35. The maximum atomic E-state index is 5.80. The van der Waals surface area contributed by atoms with E-state index < -0.39 is 0 Å². The molecule has 3 nitrogen and oxygen atoms in total. The van der Waals surface area contributed by atoms with Gasteiger partial charge in [-0.05, 0) is 32.2 Å². The van der Waals surface area contributed by atoms with Crippen LogP contribution in [0.5, 0.6) is 0 Å². The van der Waals surface area contributed by atoms with Crippen LogP contribution in [-0.2, 0) is 16.6 Å². The molecule has 1 aliphatic rings. The van der Waals surface area contributed by atoms with E-state index in [-0.39, 0.29) is 5.41 Å². The predicted octanol–water partition coefficient (Wildman–Crippen LogP) is 3.92. The maximum Gasteiger partial charge on any atom is 0.0944 e. The zero-order valence-electron chi connectivity index (χ0n) is 13.9. The zero-order valence-corrected chi connectivity index (χ0v) is 14.8. The Kier molecular flexibility index (Phi) is 6.20. The van der Waals surface area contributed by atoms with E-state index in [9.17, 15) is 0 Å². The van der Waals surface area contributed by atoms with Crippen LogP contribution in [0.1, 0.15) is 64.1 Å². The van der Waals surface area contributed by atoms with Crippen LogP contribution >= 0.6 is 11.3 Å². The molecule has 2 heterocycles. The highest BCUT2D eigenvalue weighted by Gasteiger charge is 2.23. The maximum absolute atomic E-state index is 5.80. The summed E-state index contributed by atoms with van der Waals surface area (Å²) in [5, 5.41) is 7.16. The van der Waals surface area contributed by atoms with Gasteiger partial charge in [-0.15, -0.1) is 11.3 Å². The average molecular weight is 311 g/mol. The Labute approximate surface area is 133 Å². The SMILES string of the molecule is CCCNC(Cc1nc(C(C)(C)C)cs1)CC1CCCO1. The van der Waals surface area contributed by atoms with Gasteiger partial charge in [0.1, 0.15) is 0 Å². The van der Waals surface area contributed by atoms with Crippen molar-refractivity contribution in [3.8, 4) is 0 Å². The summed E-state index contributed by atoms with van der Waals surface area (Å²) in [6.45, 7) is 10.9. The number of nitrogens with zero attached hydrogens (tertiary/aromatic N) is 1. The second-order valence-corrected chi connectivity index (χ2v) is 8.05. The summed E-state index contributed by atoms with van der Waals surface area (Å²) in [7, 11) is 0. The minimum Gasteiger partial charge on any atom is -0.378 e. The van der Waals surface area contributed by atoms with Gasteiger partial charge < -0.3 is 10.1 Å². The van der Waals surface area contributed by atoms with E-state index >= 15 is 0 Å². The molecule has 0 amide bonds. The van der Waals surface area contributed by atoms with Crippen molar-refractivity contribution >= 4 is 11.3 Å². The second-order valence-electron chi connectivity index (χ2n) is 7.10. The Morgan fingerprint density at radius 3 is 2.86 bits per heavy atom. The van der Waals surface area contributed by atoms with E-state index in [4.69, 9.17) is 9.72 Å². The fourth-order valence-corrected chi connectivity index (χ4v) is 3.80. The topological polar surface area (TPSA) is 34.2 Å². The van der Waals surface area contributed by atoms with Crippen LogP contribution in [0.4, 0.5) is 0 Å². The average Bonchev–Trinajstić information content (AvgIpc) is 3.06. The summed E-state index contributed by atoms with van der Waals surface area (Å²) in [4.78, 5) is 4.84. The first-order valence-electron chi connectivity index (χ1n) is 8.29. The molecule has 0 bridgehead atoms. The molecule has 1 fully saturated rings. The highest BCUT2D eigenvalue weighted by molar-refractivity contribution is 7.09. The van der Waals surface area contributed by atoms with Crippen molar-refractivity contribution in [2.24, 2.45) is 0 Å². The Hall–Kier alpha value is -0.450. The van der Waals surface area contributed by atoms with Crippen molar-refractivity contribution in [1.82, 2.24) is 10.3 Å². The van der Waals surface area contributed by atoms with Crippen LogP contribution < -0.4 is 5.32 Å². The number of rotatable bonds is 7. The number of hydrogen-bond donors (Lipinski definition) is 1. The van der Waals surface area contributed by atoms with Crippen molar-refractivity contribution in [2.45, 2.75) is 77.4 Å². The van der Waals surface area contributed by atoms with Crippen molar-refractivity contribution in [2.75, 3.05) is 13.2 Å². The summed E-state index contributed by atoms with van der Waals surface area (Å²) in [5.41, 5.74) is 1.37. The monoisotopic (exact) mass is 310 g/mol. The molecule has 1 aromatic rings. The van der Waals surface area contributed by atoms with Gasteiger partial charge in [0.15, 0.2) is 0 Å². The summed E-state index contributed by atoms with van der Waals surface area (Å²) in [6.07, 6.45) is 6.20. The summed E-state index contributed by atoms with van der Waals surface area (Å²) in [6, 6.07) is 0.493. The Bertz CT molecular complexity index is 419. The quantitative estimate of drug-likeness (QED) is 0.829. The van der Waals surface area contributed by atoms with Gasteiger partial charge in [0, 0.05) is 29.9 Å². The second kappa shape index (κ2) is 7.70. The predicted molar refractivity (Wildman–Crippen MR) is 90.2 cm³/mol. The minimum absolute atomic E-state index is 0.148. The van der Waals surface area contributed by atoms with E-state index in [1.54, 1.807) is 11.3 Å². The van der Waals surface area contributed by atoms with Crippen LogP contribution in [0, 0.1) is 0 Å². The molecule has 1 saturated heterocycles. The largest absolute Gasteiger partial charge is 0.378 e. The molecule has 0 saturated carbocycles. The van der Waals surface area contributed by atoms with Crippen molar-refractivity contribution in [1.29, 1.82) is 0 Å². The van der Waals surface area contributed by atoms with Gasteiger partial charge in [0.05, 0.1) is 16.8 Å². The van der Waals surface area contributed by atoms with Gasteiger partial charge in [-0.1, -0.05) is 27.7 Å². The fraction of sp³-hybridized carbons (Fsp3) is 0.824. The van der Waals surface area contributed by atoms with Crippen molar-refractivity contribution < 1.29 is 4.74 Å². The third-order valence-corrected chi connectivity index (χ3v) is 4.87. The van der Waals surface area contributed by atoms with E-state index in [2.05, 4.69) is 38.4 Å². The Morgan fingerprint density at radius 1 is 1.48 bits per heavy atom. The Morgan fingerprint density at radius 2 is 2.29 bits per heavy atom. The molecular formula is C17H30N2OS. The standard InChI is InChI=1S/C17H30N2OS/c1-5-8-18-13(10-14-7-6-9-20-14)11-16-19-15(12-21-16)17(2,3)4/h12-14,18H,5-11H2,1-4H3. The van der Waals surface area contributed by atoms with Crippen molar-refractivity contribution in [3.63, 3.8) is 0 Å². The highest BCUT2D eigenvalue weighted by Crippen LogP contribution is 2.25. The van der Waals surface area contributed by atoms with Gasteiger partial charge in [-0.3, -0.25) is 0 Å². The first kappa shape index (κ1) is 16.9. The first-order valence-corrected chi connectivity index (χ1v) is 9.17. The number of ether oxygens (including phenoxy) is 1. The normalized spacial score (nSPS) is 20.9. The van der Waals surface area contributed by atoms with E-state index in [0.717, 1.165) is 26.0 Å². The molecule has 2 atom stereocenters. The van der Waals surface area contributed by atoms with Crippen molar-refractivity contribution in [3.05, 3.63) is 16.1 Å². The molecule has 0 radical (unpaired) electrons. The third-order valence-electron chi connectivity index (χ3n) is 4.00. The van der Waals surface area contributed by atoms with Gasteiger partial charge in [-0.2, -0.15) is 0 Å². The summed E-state index contributed by atoms with van der Waals surface area (Å²) in [5.74, 6) is 0. The van der Waals surface area contributed by atoms with Gasteiger partial charge >= 0.3 is 0 Å². The Balaban J connectivity index is 1.94. The van der Waals surface area contributed by atoms with E-state index in [0.29, 0.717) is 12.1 Å². The smallest absolute Gasteiger partial charge is 0.0944 e. The number of aromatic nitrogens is 1. The zero-order chi connectivity index (χ0) is 15.3. The lowest BCUT2D eigenvalue weighted by Crippen LogP contribution is -2.35. The molecule has 0 spiro atoms. The number of thiazole rings is 1. The molecule has 120 valence electrons. The van der Waals surface area contributed by atoms with E-state index in [1.165, 1.54) is 30.0 Å². The molecule has 2 unspecified atom stereocenters. The molecule has 2 rings (SSSR count). The van der Waals surface area contributed by atoms with Crippen LogP contribution in [0.2, 0.25) is 0 Å². The van der Waals surface area contributed by atoms with Crippen LogP contribution in [0.15, 0.2) is 5.38 Å². The van der Waals surface area contributed by atoms with Crippen LogP contribution in [-0.4, -0.2) is 30.3 Å². The molecule has 21 heavy (non-hydrogen) atoms.